The van der Waals surface area contributed by atoms with Gasteiger partial charge < -0.3 is 9.64 Å². The first-order valence-electron chi connectivity index (χ1n) is 13.7. The number of amides is 1. The van der Waals surface area contributed by atoms with Gasteiger partial charge in [-0.1, -0.05) is 70.4 Å². The van der Waals surface area contributed by atoms with Crippen molar-refractivity contribution < 1.29 is 14.3 Å². The monoisotopic (exact) mass is 449 g/mol. The Kier molecular flexibility index (Phi) is 18.2. The van der Waals surface area contributed by atoms with E-state index < -0.39 is 0 Å². The molecule has 1 aliphatic heterocycles. The first-order valence-corrected chi connectivity index (χ1v) is 13.7. The lowest BCUT2D eigenvalue weighted by Crippen LogP contribution is -2.38. The second kappa shape index (κ2) is 20.3. The van der Waals surface area contributed by atoms with E-state index in [1.165, 1.54) is 84.0 Å². The number of allylic oxidation sites excluding steroid dienone is 2. The zero-order valence-corrected chi connectivity index (χ0v) is 21.3. The highest BCUT2D eigenvalue weighted by Gasteiger charge is 2.22. The largest absolute Gasteiger partial charge is 0.466 e. The Morgan fingerprint density at radius 1 is 0.812 bits per heavy atom. The molecule has 1 saturated heterocycles. The van der Waals surface area contributed by atoms with Crippen LogP contribution in [0.15, 0.2) is 12.2 Å². The summed E-state index contributed by atoms with van der Waals surface area (Å²) in [6.07, 6.45) is 26.5. The van der Waals surface area contributed by atoms with Crippen LogP contribution in [0, 0.1) is 5.92 Å². The molecule has 0 atom stereocenters. The van der Waals surface area contributed by atoms with Crippen molar-refractivity contribution in [2.45, 2.75) is 129 Å². The molecule has 4 nitrogen and oxygen atoms in total. The van der Waals surface area contributed by atoms with Crippen molar-refractivity contribution in [2.75, 3.05) is 19.7 Å². The highest BCUT2D eigenvalue weighted by molar-refractivity contribution is 5.76. The molecule has 1 rings (SSSR count). The summed E-state index contributed by atoms with van der Waals surface area (Å²) >= 11 is 0. The molecule has 1 fully saturated rings. The quantitative estimate of drug-likeness (QED) is 0.116. The fraction of sp³-hybridized carbons (Fsp3) is 0.857. The lowest BCUT2D eigenvalue weighted by Gasteiger charge is -2.32. The zero-order valence-electron chi connectivity index (χ0n) is 21.3. The summed E-state index contributed by atoms with van der Waals surface area (Å²) in [6, 6.07) is 0. The van der Waals surface area contributed by atoms with Gasteiger partial charge in [0.2, 0.25) is 5.91 Å². The van der Waals surface area contributed by atoms with Gasteiger partial charge in [-0.05, 0) is 63.7 Å². The van der Waals surface area contributed by atoms with Gasteiger partial charge in [-0.3, -0.25) is 9.59 Å². The number of esters is 1. The van der Waals surface area contributed by atoms with Gasteiger partial charge in [-0.15, -0.1) is 0 Å². The maximum atomic E-state index is 12.4. The van der Waals surface area contributed by atoms with Crippen LogP contribution in [-0.2, 0) is 14.3 Å². The minimum Gasteiger partial charge on any atom is -0.466 e. The van der Waals surface area contributed by atoms with Crippen LogP contribution in [0.4, 0.5) is 0 Å². The smallest absolute Gasteiger partial charge is 0.302 e. The molecule has 1 aliphatic rings. The molecule has 1 amide bonds. The number of hydrogen-bond donors (Lipinski definition) is 0. The summed E-state index contributed by atoms with van der Waals surface area (Å²) in [7, 11) is 0. The minimum atomic E-state index is -0.193. The Morgan fingerprint density at radius 3 is 1.97 bits per heavy atom. The van der Waals surface area contributed by atoms with Gasteiger partial charge in [0.1, 0.15) is 0 Å². The number of unbranched alkanes of at least 4 members (excludes halogenated alkanes) is 11. The molecule has 0 aliphatic carbocycles. The summed E-state index contributed by atoms with van der Waals surface area (Å²) in [5.41, 5.74) is 0. The maximum absolute atomic E-state index is 12.4. The maximum Gasteiger partial charge on any atom is 0.302 e. The molecule has 0 saturated carbocycles. The lowest BCUT2D eigenvalue weighted by atomic mass is 9.92. The highest BCUT2D eigenvalue weighted by Crippen LogP contribution is 2.23. The van der Waals surface area contributed by atoms with E-state index in [4.69, 9.17) is 4.74 Å². The second-order valence-electron chi connectivity index (χ2n) is 9.64. The highest BCUT2D eigenvalue weighted by atomic mass is 16.5. The molecule has 0 aromatic heterocycles. The molecule has 0 aromatic carbocycles. The van der Waals surface area contributed by atoms with Crippen LogP contribution in [0.1, 0.15) is 129 Å². The SMILES string of the molecule is CCCCCCCCC=CCCCCCCCC(=O)N1CCC(CCCOC(C)=O)CC1. The fourth-order valence-electron chi connectivity index (χ4n) is 4.56. The number of nitrogens with zero attached hydrogens (tertiary/aromatic N) is 1. The van der Waals surface area contributed by atoms with Gasteiger partial charge in [0.25, 0.3) is 0 Å². The first-order chi connectivity index (χ1) is 15.6. The average molecular weight is 450 g/mol. The molecule has 0 spiro atoms. The Labute approximate surface area is 198 Å². The van der Waals surface area contributed by atoms with E-state index in [2.05, 4.69) is 24.0 Å². The van der Waals surface area contributed by atoms with Crippen LogP contribution in [0.25, 0.3) is 0 Å². The summed E-state index contributed by atoms with van der Waals surface area (Å²) in [4.78, 5) is 25.3. The standard InChI is InChI=1S/C28H51NO3/c1-3-4-5-6-7-8-9-10-11-12-13-14-15-16-17-20-28(31)29-23-21-27(22-24-29)19-18-25-32-26(2)30/h10-11,27H,3-9,12-25H2,1-2H3. The molecule has 0 radical (unpaired) electrons. The van der Waals surface area contributed by atoms with E-state index >= 15 is 0 Å². The van der Waals surface area contributed by atoms with Crippen molar-refractivity contribution >= 4 is 11.9 Å². The Bertz CT molecular complexity index is 495. The van der Waals surface area contributed by atoms with Crippen molar-refractivity contribution in [2.24, 2.45) is 5.92 Å². The van der Waals surface area contributed by atoms with E-state index in [1.807, 2.05) is 0 Å². The third kappa shape index (κ3) is 16.3. The van der Waals surface area contributed by atoms with E-state index in [0.29, 0.717) is 18.4 Å². The van der Waals surface area contributed by atoms with Crippen molar-refractivity contribution in [3.8, 4) is 0 Å². The van der Waals surface area contributed by atoms with Crippen LogP contribution < -0.4 is 0 Å². The molecular weight excluding hydrogens is 398 g/mol. The normalized spacial score (nSPS) is 14.9. The van der Waals surface area contributed by atoms with Gasteiger partial charge in [0, 0.05) is 26.4 Å². The average Bonchev–Trinajstić information content (AvgIpc) is 2.79. The fourth-order valence-corrected chi connectivity index (χ4v) is 4.56. The molecule has 186 valence electrons. The second-order valence-corrected chi connectivity index (χ2v) is 9.64. The number of ether oxygens (including phenoxy) is 1. The van der Waals surface area contributed by atoms with Crippen molar-refractivity contribution in [3.05, 3.63) is 12.2 Å². The molecular formula is C28H51NO3. The van der Waals surface area contributed by atoms with Crippen LogP contribution >= 0.6 is 0 Å². The number of carbonyl (C=O) groups excluding carboxylic acids is 2. The van der Waals surface area contributed by atoms with Gasteiger partial charge in [0.15, 0.2) is 0 Å². The molecule has 32 heavy (non-hydrogen) atoms. The van der Waals surface area contributed by atoms with Crippen LogP contribution in [0.2, 0.25) is 0 Å². The van der Waals surface area contributed by atoms with Crippen molar-refractivity contribution in [1.29, 1.82) is 0 Å². The molecule has 4 heteroatoms. The molecule has 0 aromatic rings. The number of likely N-dealkylation sites (tertiary alicyclic amines) is 1. The van der Waals surface area contributed by atoms with Crippen LogP contribution in [0.5, 0.6) is 0 Å². The summed E-state index contributed by atoms with van der Waals surface area (Å²) < 4.78 is 5.00. The predicted octanol–water partition coefficient (Wildman–Crippen LogP) is 7.61. The zero-order chi connectivity index (χ0) is 23.3. The number of carbonyl (C=O) groups is 2. The molecule has 1 heterocycles. The predicted molar refractivity (Wildman–Crippen MR) is 135 cm³/mol. The Balaban J connectivity index is 1.88. The topological polar surface area (TPSA) is 46.6 Å². The number of hydrogen-bond acceptors (Lipinski definition) is 3. The third-order valence-corrected chi connectivity index (χ3v) is 6.68. The Morgan fingerprint density at radius 2 is 1.38 bits per heavy atom. The van der Waals surface area contributed by atoms with E-state index in [-0.39, 0.29) is 5.97 Å². The van der Waals surface area contributed by atoms with Crippen molar-refractivity contribution in [3.63, 3.8) is 0 Å². The van der Waals surface area contributed by atoms with Gasteiger partial charge in [0.05, 0.1) is 6.61 Å². The lowest BCUT2D eigenvalue weighted by molar-refractivity contribution is -0.141. The molecule has 0 N–H and O–H groups in total. The van der Waals surface area contributed by atoms with E-state index in [0.717, 1.165) is 51.6 Å². The van der Waals surface area contributed by atoms with E-state index in [1.54, 1.807) is 0 Å². The molecule has 0 unspecified atom stereocenters. The summed E-state index contributed by atoms with van der Waals surface area (Å²) in [6.45, 7) is 6.07. The number of piperidine rings is 1. The number of rotatable bonds is 19. The van der Waals surface area contributed by atoms with Crippen LogP contribution in [0.3, 0.4) is 0 Å². The van der Waals surface area contributed by atoms with E-state index in [9.17, 15) is 9.59 Å². The van der Waals surface area contributed by atoms with Crippen molar-refractivity contribution in [1.82, 2.24) is 4.90 Å². The minimum absolute atomic E-state index is 0.193. The van der Waals surface area contributed by atoms with Gasteiger partial charge >= 0.3 is 5.97 Å². The van der Waals surface area contributed by atoms with Gasteiger partial charge in [-0.2, -0.15) is 0 Å². The Hall–Kier alpha value is -1.32. The molecule has 0 bridgehead atoms. The van der Waals surface area contributed by atoms with Gasteiger partial charge in [-0.25, -0.2) is 0 Å². The third-order valence-electron chi connectivity index (χ3n) is 6.68. The summed E-state index contributed by atoms with van der Waals surface area (Å²) in [5.74, 6) is 0.830. The summed E-state index contributed by atoms with van der Waals surface area (Å²) in [5, 5.41) is 0. The van der Waals surface area contributed by atoms with Crippen LogP contribution in [-0.4, -0.2) is 36.5 Å². The first kappa shape index (κ1) is 28.7.